The summed E-state index contributed by atoms with van der Waals surface area (Å²) >= 11 is 0. The van der Waals surface area contributed by atoms with Crippen LogP contribution in [0.5, 0.6) is 0 Å². The highest BCUT2D eigenvalue weighted by molar-refractivity contribution is 5.87. The van der Waals surface area contributed by atoms with Crippen molar-refractivity contribution < 1.29 is 19.4 Å². The Morgan fingerprint density at radius 2 is 1.96 bits per heavy atom. The fourth-order valence-corrected chi connectivity index (χ4v) is 3.12. The van der Waals surface area contributed by atoms with Crippen LogP contribution in [0.2, 0.25) is 0 Å². The molecule has 0 spiro atoms. The number of halogens is 1. The maximum atomic E-state index is 13.1. The second-order valence-corrected chi connectivity index (χ2v) is 5.89. The summed E-state index contributed by atoms with van der Waals surface area (Å²) < 4.78 is 13.1. The summed E-state index contributed by atoms with van der Waals surface area (Å²) in [6.07, 6.45) is 0.150. The molecule has 5 heteroatoms. The Morgan fingerprint density at radius 1 is 1.22 bits per heavy atom. The van der Waals surface area contributed by atoms with E-state index < -0.39 is 12.1 Å². The third-order valence-electron chi connectivity index (χ3n) is 4.20. The quantitative estimate of drug-likeness (QED) is 0.911. The maximum Gasteiger partial charge on any atom is 0.335 e. The molecule has 0 amide bonds. The largest absolute Gasteiger partial charge is 0.478 e. The van der Waals surface area contributed by atoms with Crippen LogP contribution in [0.1, 0.15) is 33.9 Å². The van der Waals surface area contributed by atoms with Crippen molar-refractivity contribution in [3.8, 4) is 0 Å². The van der Waals surface area contributed by atoms with Gasteiger partial charge in [-0.1, -0.05) is 24.3 Å². The Balaban J connectivity index is 1.81. The van der Waals surface area contributed by atoms with E-state index in [1.807, 2.05) is 6.07 Å². The van der Waals surface area contributed by atoms with Crippen LogP contribution in [0.15, 0.2) is 48.5 Å². The van der Waals surface area contributed by atoms with Crippen molar-refractivity contribution in [2.45, 2.75) is 25.1 Å². The lowest BCUT2D eigenvalue weighted by molar-refractivity contribution is 0.0696. The molecule has 0 saturated carbocycles. The first-order valence-corrected chi connectivity index (χ1v) is 7.53. The molecular weight excluding hydrogens is 297 g/mol. The molecule has 23 heavy (non-hydrogen) atoms. The highest BCUT2D eigenvalue weighted by Gasteiger charge is 2.31. The molecule has 120 valence electrons. The minimum absolute atomic E-state index is 0.000848. The predicted octanol–water partition coefficient (Wildman–Crippen LogP) is 2.83. The molecule has 2 unspecified atom stereocenters. The number of benzene rings is 2. The molecule has 2 aromatic rings. The average Bonchev–Trinajstić information content (AvgIpc) is 2.89. The molecule has 1 heterocycles. The van der Waals surface area contributed by atoms with Gasteiger partial charge in [-0.2, -0.15) is 0 Å². The Bertz CT molecular complexity index is 702. The van der Waals surface area contributed by atoms with Gasteiger partial charge < -0.3 is 10.2 Å². The van der Waals surface area contributed by atoms with Crippen LogP contribution in [0.3, 0.4) is 0 Å². The van der Waals surface area contributed by atoms with Gasteiger partial charge in [0.1, 0.15) is 5.82 Å². The lowest BCUT2D eigenvalue weighted by Gasteiger charge is -2.24. The molecule has 0 radical (unpaired) electrons. The second-order valence-electron chi connectivity index (χ2n) is 5.89. The fraction of sp³-hybridized carbons (Fsp3) is 0.278. The van der Waals surface area contributed by atoms with Gasteiger partial charge in [0, 0.05) is 19.1 Å². The van der Waals surface area contributed by atoms with Crippen LogP contribution in [0, 0.1) is 5.82 Å². The van der Waals surface area contributed by atoms with Gasteiger partial charge in [-0.25, -0.2) is 9.18 Å². The predicted molar refractivity (Wildman–Crippen MR) is 83.6 cm³/mol. The lowest BCUT2D eigenvalue weighted by Crippen LogP contribution is -2.24. The number of nitrogens with zero attached hydrogens (tertiary/aromatic N) is 1. The minimum atomic E-state index is -0.955. The summed E-state index contributed by atoms with van der Waals surface area (Å²) in [5.74, 6) is -1.24. The third kappa shape index (κ3) is 3.57. The van der Waals surface area contributed by atoms with E-state index in [1.165, 1.54) is 12.1 Å². The van der Waals surface area contributed by atoms with E-state index in [0.717, 1.165) is 11.1 Å². The number of carboxylic acids is 1. The van der Waals surface area contributed by atoms with Crippen molar-refractivity contribution in [1.82, 2.24) is 4.90 Å². The van der Waals surface area contributed by atoms with Gasteiger partial charge in [-0.15, -0.1) is 0 Å². The number of aliphatic hydroxyl groups is 1. The van der Waals surface area contributed by atoms with Gasteiger partial charge in [-0.3, -0.25) is 4.90 Å². The summed E-state index contributed by atoms with van der Waals surface area (Å²) in [6, 6.07) is 13.1. The van der Waals surface area contributed by atoms with Crippen LogP contribution < -0.4 is 0 Å². The van der Waals surface area contributed by atoms with Crippen LogP contribution in [-0.4, -0.2) is 33.7 Å². The van der Waals surface area contributed by atoms with Crippen molar-refractivity contribution in [3.63, 3.8) is 0 Å². The van der Waals surface area contributed by atoms with Crippen LogP contribution in [0.4, 0.5) is 4.39 Å². The van der Waals surface area contributed by atoms with Crippen LogP contribution in [-0.2, 0) is 6.54 Å². The first-order valence-electron chi connectivity index (χ1n) is 7.53. The molecular formula is C18H18FNO3. The number of likely N-dealkylation sites (tertiary alicyclic amines) is 1. The maximum absolute atomic E-state index is 13.1. The van der Waals surface area contributed by atoms with Crippen molar-refractivity contribution >= 4 is 5.97 Å². The molecule has 3 rings (SSSR count). The zero-order valence-electron chi connectivity index (χ0n) is 12.5. The molecule has 1 aliphatic heterocycles. The standard InChI is InChI=1S/C18H18FNO3/c19-15-6-4-13(5-7-15)17-9-16(21)11-20(17)10-12-2-1-3-14(8-12)18(22)23/h1-8,16-17,21H,9-11H2,(H,22,23). The smallest absolute Gasteiger partial charge is 0.335 e. The molecule has 2 aromatic carbocycles. The molecule has 2 N–H and O–H groups in total. The minimum Gasteiger partial charge on any atom is -0.478 e. The van der Waals surface area contributed by atoms with Gasteiger partial charge in [0.15, 0.2) is 0 Å². The summed E-state index contributed by atoms with van der Waals surface area (Å²) in [4.78, 5) is 13.2. The molecule has 0 bridgehead atoms. The Hall–Kier alpha value is -2.24. The summed E-state index contributed by atoms with van der Waals surface area (Å²) in [7, 11) is 0. The topological polar surface area (TPSA) is 60.8 Å². The van der Waals surface area contributed by atoms with Crippen LogP contribution in [0.25, 0.3) is 0 Å². The number of carbonyl (C=O) groups is 1. The number of carboxylic acid groups (broad SMARTS) is 1. The van der Waals surface area contributed by atoms with Gasteiger partial charge >= 0.3 is 5.97 Å². The zero-order valence-corrected chi connectivity index (χ0v) is 12.5. The van der Waals surface area contributed by atoms with Crippen molar-refractivity contribution in [2.24, 2.45) is 0 Å². The number of aliphatic hydroxyl groups excluding tert-OH is 1. The molecule has 4 nitrogen and oxygen atoms in total. The molecule has 2 atom stereocenters. The second kappa shape index (κ2) is 6.48. The van der Waals surface area contributed by atoms with Gasteiger partial charge in [0.2, 0.25) is 0 Å². The number of rotatable bonds is 4. The van der Waals surface area contributed by atoms with Crippen molar-refractivity contribution in [1.29, 1.82) is 0 Å². The normalized spacial score (nSPS) is 21.5. The zero-order chi connectivity index (χ0) is 16.4. The van der Waals surface area contributed by atoms with E-state index in [-0.39, 0.29) is 17.4 Å². The molecule has 1 aliphatic rings. The third-order valence-corrected chi connectivity index (χ3v) is 4.20. The van der Waals surface area contributed by atoms with E-state index in [0.29, 0.717) is 19.5 Å². The Labute approximate surface area is 133 Å². The number of hydrogen-bond donors (Lipinski definition) is 2. The first kappa shape index (κ1) is 15.6. The van der Waals surface area contributed by atoms with E-state index >= 15 is 0 Å². The molecule has 1 saturated heterocycles. The van der Waals surface area contributed by atoms with E-state index in [9.17, 15) is 14.3 Å². The molecule has 1 fully saturated rings. The van der Waals surface area contributed by atoms with E-state index in [1.54, 1.807) is 30.3 Å². The van der Waals surface area contributed by atoms with E-state index in [4.69, 9.17) is 5.11 Å². The van der Waals surface area contributed by atoms with E-state index in [2.05, 4.69) is 4.90 Å². The molecule has 0 aromatic heterocycles. The number of hydrogen-bond acceptors (Lipinski definition) is 3. The number of β-amino-alcohol motifs (C(OH)–C–C–N with tert-alkyl or cyclic N) is 1. The Morgan fingerprint density at radius 3 is 2.65 bits per heavy atom. The summed E-state index contributed by atoms with van der Waals surface area (Å²) in [5.41, 5.74) is 2.09. The first-order chi connectivity index (χ1) is 11.0. The molecule has 0 aliphatic carbocycles. The average molecular weight is 315 g/mol. The lowest BCUT2D eigenvalue weighted by atomic mass is 10.0. The van der Waals surface area contributed by atoms with Crippen molar-refractivity contribution in [2.75, 3.05) is 6.54 Å². The number of aromatic carboxylic acids is 1. The summed E-state index contributed by atoms with van der Waals surface area (Å²) in [6.45, 7) is 1.06. The summed E-state index contributed by atoms with van der Waals surface area (Å²) in [5, 5.41) is 19.1. The SMILES string of the molecule is O=C(O)c1cccc(CN2CC(O)CC2c2ccc(F)cc2)c1. The van der Waals surface area contributed by atoms with Crippen LogP contribution >= 0.6 is 0 Å². The Kier molecular flexibility index (Phi) is 4.41. The van der Waals surface area contributed by atoms with Gasteiger partial charge in [-0.05, 0) is 41.8 Å². The van der Waals surface area contributed by atoms with Crippen molar-refractivity contribution in [3.05, 3.63) is 71.0 Å². The highest BCUT2D eigenvalue weighted by atomic mass is 19.1. The highest BCUT2D eigenvalue weighted by Crippen LogP contribution is 2.33. The fourth-order valence-electron chi connectivity index (χ4n) is 3.12. The van der Waals surface area contributed by atoms with Gasteiger partial charge in [0.05, 0.1) is 11.7 Å². The monoisotopic (exact) mass is 315 g/mol. The van der Waals surface area contributed by atoms with Gasteiger partial charge in [0.25, 0.3) is 0 Å².